The summed E-state index contributed by atoms with van der Waals surface area (Å²) in [6.45, 7) is 3.19. The first-order valence-electron chi connectivity index (χ1n) is 8.78. The third-order valence-corrected chi connectivity index (χ3v) is 4.39. The van der Waals surface area contributed by atoms with Crippen molar-refractivity contribution in [2.75, 3.05) is 11.9 Å². The highest BCUT2D eigenvalue weighted by molar-refractivity contribution is 6.00. The van der Waals surface area contributed by atoms with E-state index in [1.165, 1.54) is 0 Å². The molecule has 0 aliphatic heterocycles. The Morgan fingerprint density at radius 2 is 1.82 bits per heavy atom. The van der Waals surface area contributed by atoms with E-state index in [0.717, 1.165) is 22.0 Å². The van der Waals surface area contributed by atoms with Crippen LogP contribution in [0.2, 0.25) is 0 Å². The summed E-state index contributed by atoms with van der Waals surface area (Å²) < 4.78 is 5.20. The molecular weight excluding hydrogens is 354 g/mol. The number of anilines is 1. The molecule has 6 heteroatoms. The van der Waals surface area contributed by atoms with Gasteiger partial charge in [-0.05, 0) is 43.2 Å². The summed E-state index contributed by atoms with van der Waals surface area (Å²) in [6.07, 6.45) is 0.310. The first-order chi connectivity index (χ1) is 13.5. The number of aryl methyl sites for hydroxylation is 2. The zero-order valence-electron chi connectivity index (χ0n) is 15.7. The molecule has 28 heavy (non-hydrogen) atoms. The summed E-state index contributed by atoms with van der Waals surface area (Å²) >= 11 is 0. The van der Waals surface area contributed by atoms with Gasteiger partial charge in [0.15, 0.2) is 6.61 Å². The van der Waals surface area contributed by atoms with Gasteiger partial charge in [-0.2, -0.15) is 5.26 Å². The highest BCUT2D eigenvalue weighted by atomic mass is 16.5. The van der Waals surface area contributed by atoms with Crippen LogP contribution in [0, 0.1) is 25.2 Å². The van der Waals surface area contributed by atoms with Gasteiger partial charge in [0.25, 0.3) is 5.91 Å². The summed E-state index contributed by atoms with van der Waals surface area (Å²) in [5.74, 6) is -1.02. The number of amides is 1. The van der Waals surface area contributed by atoms with Gasteiger partial charge in [-0.25, -0.2) is 4.79 Å². The monoisotopic (exact) mass is 373 g/mol. The van der Waals surface area contributed by atoms with Gasteiger partial charge in [0.05, 0.1) is 29.3 Å². The number of nitrogens with one attached hydrogen (secondary N) is 1. The smallest absolute Gasteiger partial charge is 0.340 e. The van der Waals surface area contributed by atoms with E-state index >= 15 is 0 Å². The molecule has 6 nitrogen and oxygen atoms in total. The number of carbonyl (C=O) groups is 2. The van der Waals surface area contributed by atoms with Crippen molar-refractivity contribution in [2.24, 2.45) is 0 Å². The first-order valence-corrected chi connectivity index (χ1v) is 8.78. The molecule has 1 aromatic heterocycles. The number of rotatable bonds is 5. The quantitative estimate of drug-likeness (QED) is 0.688. The molecule has 0 saturated heterocycles. The fraction of sp³-hybridized carbons (Fsp3) is 0.182. The molecule has 0 saturated carbocycles. The van der Waals surface area contributed by atoms with E-state index < -0.39 is 18.5 Å². The molecule has 0 unspecified atom stereocenters. The molecule has 0 atom stereocenters. The number of hydrogen-bond acceptors (Lipinski definition) is 5. The minimum absolute atomic E-state index is 0.310. The third kappa shape index (κ3) is 4.15. The lowest BCUT2D eigenvalue weighted by atomic mass is 10.0. The Morgan fingerprint density at radius 3 is 2.54 bits per heavy atom. The minimum atomic E-state index is -0.576. The van der Waals surface area contributed by atoms with E-state index in [4.69, 9.17) is 10.00 Å². The van der Waals surface area contributed by atoms with Gasteiger partial charge >= 0.3 is 5.97 Å². The Bertz CT molecular complexity index is 1080. The van der Waals surface area contributed by atoms with E-state index in [9.17, 15) is 9.59 Å². The molecule has 2 aromatic carbocycles. The Labute approximate surface area is 162 Å². The third-order valence-electron chi connectivity index (χ3n) is 4.39. The maximum absolute atomic E-state index is 12.5. The van der Waals surface area contributed by atoms with E-state index in [1.807, 2.05) is 31.2 Å². The van der Waals surface area contributed by atoms with Crippen LogP contribution in [0.15, 0.2) is 48.5 Å². The van der Waals surface area contributed by atoms with E-state index in [2.05, 4.69) is 16.4 Å². The van der Waals surface area contributed by atoms with Gasteiger partial charge in [0.2, 0.25) is 0 Å². The number of pyridine rings is 1. The van der Waals surface area contributed by atoms with Crippen molar-refractivity contribution in [3.63, 3.8) is 0 Å². The van der Waals surface area contributed by atoms with Gasteiger partial charge in [0, 0.05) is 11.1 Å². The topological polar surface area (TPSA) is 92.1 Å². The molecular formula is C22H19N3O3. The van der Waals surface area contributed by atoms with Crippen LogP contribution < -0.4 is 5.32 Å². The largest absolute Gasteiger partial charge is 0.452 e. The van der Waals surface area contributed by atoms with Crippen molar-refractivity contribution in [3.05, 3.63) is 70.9 Å². The molecule has 0 fully saturated rings. The fourth-order valence-electron chi connectivity index (χ4n) is 3.03. The molecule has 0 aliphatic rings. The average Bonchev–Trinajstić information content (AvgIpc) is 2.68. The van der Waals surface area contributed by atoms with Crippen molar-refractivity contribution in [1.29, 1.82) is 5.26 Å². The highest BCUT2D eigenvalue weighted by Crippen LogP contribution is 2.23. The van der Waals surface area contributed by atoms with Crippen LogP contribution in [-0.2, 0) is 16.0 Å². The SMILES string of the molecule is Cc1nc2ccccc2c(C)c1C(=O)OCC(=O)Nc1ccc(CC#N)cc1. The molecule has 140 valence electrons. The van der Waals surface area contributed by atoms with E-state index in [0.29, 0.717) is 23.4 Å². The average molecular weight is 373 g/mol. The lowest BCUT2D eigenvalue weighted by Gasteiger charge is -2.12. The zero-order valence-corrected chi connectivity index (χ0v) is 15.7. The molecule has 3 aromatic rings. The second-order valence-electron chi connectivity index (χ2n) is 6.37. The number of aromatic nitrogens is 1. The fourth-order valence-corrected chi connectivity index (χ4v) is 3.03. The van der Waals surface area contributed by atoms with Crippen molar-refractivity contribution < 1.29 is 14.3 Å². The minimum Gasteiger partial charge on any atom is -0.452 e. The van der Waals surface area contributed by atoms with E-state index in [1.54, 1.807) is 31.2 Å². The molecule has 1 heterocycles. The number of hydrogen-bond donors (Lipinski definition) is 1. The summed E-state index contributed by atoms with van der Waals surface area (Å²) in [4.78, 5) is 29.1. The number of nitrogens with zero attached hydrogens (tertiary/aromatic N) is 2. The van der Waals surface area contributed by atoms with Crippen molar-refractivity contribution in [1.82, 2.24) is 4.98 Å². The Kier molecular flexibility index (Phi) is 5.66. The molecule has 0 spiro atoms. The van der Waals surface area contributed by atoms with Crippen LogP contribution in [0.3, 0.4) is 0 Å². The number of benzene rings is 2. The molecule has 0 radical (unpaired) electrons. The number of ether oxygens (including phenoxy) is 1. The number of carbonyl (C=O) groups excluding carboxylic acids is 2. The summed E-state index contributed by atoms with van der Waals surface area (Å²) in [5, 5.41) is 12.2. The summed E-state index contributed by atoms with van der Waals surface area (Å²) in [6, 6.07) is 16.6. The van der Waals surface area contributed by atoms with Crippen molar-refractivity contribution in [2.45, 2.75) is 20.3 Å². The second kappa shape index (κ2) is 8.31. The molecule has 0 bridgehead atoms. The van der Waals surface area contributed by atoms with Crippen molar-refractivity contribution in [3.8, 4) is 6.07 Å². The number of nitriles is 1. The number of esters is 1. The van der Waals surface area contributed by atoms with Crippen LogP contribution in [-0.4, -0.2) is 23.5 Å². The lowest BCUT2D eigenvalue weighted by Crippen LogP contribution is -2.22. The van der Waals surface area contributed by atoms with Gasteiger partial charge < -0.3 is 10.1 Å². The Balaban J connectivity index is 1.66. The summed E-state index contributed by atoms with van der Waals surface area (Å²) in [7, 11) is 0. The number of fused-ring (bicyclic) bond motifs is 1. The van der Waals surface area contributed by atoms with Crippen LogP contribution >= 0.6 is 0 Å². The summed E-state index contributed by atoms with van der Waals surface area (Å²) in [5.41, 5.74) is 3.97. The first kappa shape index (κ1) is 19.1. The predicted molar refractivity (Wildman–Crippen MR) is 106 cm³/mol. The van der Waals surface area contributed by atoms with Crippen LogP contribution in [0.5, 0.6) is 0 Å². The maximum Gasteiger partial charge on any atom is 0.340 e. The van der Waals surface area contributed by atoms with Crippen LogP contribution in [0.1, 0.15) is 27.2 Å². The van der Waals surface area contributed by atoms with Crippen molar-refractivity contribution >= 4 is 28.5 Å². The number of para-hydroxylation sites is 1. The van der Waals surface area contributed by atoms with Crippen LogP contribution in [0.25, 0.3) is 10.9 Å². The van der Waals surface area contributed by atoms with E-state index in [-0.39, 0.29) is 0 Å². The normalized spacial score (nSPS) is 10.3. The molecule has 0 aliphatic carbocycles. The Hall–Kier alpha value is -3.72. The molecule has 3 rings (SSSR count). The highest BCUT2D eigenvalue weighted by Gasteiger charge is 2.18. The van der Waals surface area contributed by atoms with Gasteiger partial charge in [-0.1, -0.05) is 30.3 Å². The maximum atomic E-state index is 12.5. The van der Waals surface area contributed by atoms with Gasteiger partial charge in [0.1, 0.15) is 0 Å². The van der Waals surface area contributed by atoms with Crippen LogP contribution in [0.4, 0.5) is 5.69 Å². The molecule has 1 amide bonds. The standard InChI is InChI=1S/C22H19N3O3/c1-14-18-5-3-4-6-19(18)24-15(2)21(14)22(27)28-13-20(26)25-17-9-7-16(8-10-17)11-12-23/h3-10H,11,13H2,1-2H3,(H,25,26). The Morgan fingerprint density at radius 1 is 1.11 bits per heavy atom. The predicted octanol–water partition coefficient (Wildman–Crippen LogP) is 3.71. The lowest BCUT2D eigenvalue weighted by molar-refractivity contribution is -0.119. The zero-order chi connectivity index (χ0) is 20.1. The molecule has 1 N–H and O–H groups in total. The van der Waals surface area contributed by atoms with Gasteiger partial charge in [-0.15, -0.1) is 0 Å². The second-order valence-corrected chi connectivity index (χ2v) is 6.37. The van der Waals surface area contributed by atoms with Gasteiger partial charge in [-0.3, -0.25) is 9.78 Å².